The van der Waals surface area contributed by atoms with Crippen LogP contribution >= 0.6 is 0 Å². The van der Waals surface area contributed by atoms with Crippen LogP contribution in [0.3, 0.4) is 0 Å². The van der Waals surface area contributed by atoms with Crippen molar-refractivity contribution in [3.63, 3.8) is 0 Å². The first-order valence-corrected chi connectivity index (χ1v) is 8.05. The van der Waals surface area contributed by atoms with Gasteiger partial charge in [-0.05, 0) is 35.9 Å². The fraction of sp³-hybridized carbons (Fsp3) is 0.200. The highest BCUT2D eigenvalue weighted by Crippen LogP contribution is 2.35. The van der Waals surface area contributed by atoms with Crippen molar-refractivity contribution in [3.05, 3.63) is 53.3 Å². The van der Waals surface area contributed by atoms with Crippen LogP contribution < -0.4 is 18.9 Å². The maximum atomic E-state index is 12.5. The van der Waals surface area contributed by atoms with E-state index < -0.39 is 5.97 Å². The zero-order valence-electron chi connectivity index (χ0n) is 15.1. The van der Waals surface area contributed by atoms with E-state index in [4.69, 9.17) is 18.9 Å². The number of hydrogen-bond acceptors (Lipinski definition) is 7. The molecule has 0 unspecified atom stereocenters. The Labute approximate surface area is 156 Å². The number of allylic oxidation sites excluding steroid dienone is 1. The zero-order valence-corrected chi connectivity index (χ0v) is 15.1. The second kappa shape index (κ2) is 7.82. The van der Waals surface area contributed by atoms with Gasteiger partial charge in [0.25, 0.3) is 0 Å². The standard InChI is InChI=1S/C20H18O7/c1-23-15-7-4-12(8-17(15)24-2)9-18-20(22)14-6-5-13(10-16(14)27-18)26-11-19(21)25-3/h4-10H,11H2,1-3H3. The molecule has 2 aromatic carbocycles. The highest BCUT2D eigenvalue weighted by atomic mass is 16.6. The van der Waals surface area contributed by atoms with Gasteiger partial charge in [0.15, 0.2) is 23.9 Å². The quantitative estimate of drug-likeness (QED) is 0.571. The van der Waals surface area contributed by atoms with Crippen molar-refractivity contribution in [3.8, 4) is 23.0 Å². The highest BCUT2D eigenvalue weighted by Gasteiger charge is 2.28. The minimum absolute atomic E-state index is 0.183. The van der Waals surface area contributed by atoms with Crippen molar-refractivity contribution in [1.82, 2.24) is 0 Å². The Kier molecular flexibility index (Phi) is 5.30. The van der Waals surface area contributed by atoms with Gasteiger partial charge in [-0.1, -0.05) is 6.07 Å². The molecule has 27 heavy (non-hydrogen) atoms. The van der Waals surface area contributed by atoms with E-state index in [0.717, 1.165) is 5.56 Å². The molecule has 0 amide bonds. The van der Waals surface area contributed by atoms with E-state index in [2.05, 4.69) is 4.74 Å². The second-order valence-corrected chi connectivity index (χ2v) is 5.58. The normalized spacial score (nSPS) is 13.7. The number of carbonyl (C=O) groups is 2. The van der Waals surface area contributed by atoms with E-state index >= 15 is 0 Å². The average Bonchev–Trinajstić information content (AvgIpc) is 3.00. The molecule has 1 aliphatic rings. The number of Topliss-reactive ketones (excluding diaryl/α,β-unsaturated/α-hetero) is 1. The lowest BCUT2D eigenvalue weighted by molar-refractivity contribution is -0.142. The van der Waals surface area contributed by atoms with Crippen LogP contribution in [0.15, 0.2) is 42.2 Å². The van der Waals surface area contributed by atoms with Crippen LogP contribution in [0.4, 0.5) is 0 Å². The number of carbonyl (C=O) groups excluding carboxylic acids is 2. The SMILES string of the molecule is COC(=O)COc1ccc2c(c1)OC(=Cc1ccc(OC)c(OC)c1)C2=O. The number of esters is 1. The number of benzene rings is 2. The Hall–Kier alpha value is -3.48. The Balaban J connectivity index is 1.81. The molecular weight excluding hydrogens is 352 g/mol. The van der Waals surface area contributed by atoms with Gasteiger partial charge in [-0.2, -0.15) is 0 Å². The van der Waals surface area contributed by atoms with Crippen molar-refractivity contribution in [2.24, 2.45) is 0 Å². The molecule has 1 heterocycles. The molecule has 0 radical (unpaired) electrons. The van der Waals surface area contributed by atoms with Crippen molar-refractivity contribution in [1.29, 1.82) is 0 Å². The molecule has 7 nitrogen and oxygen atoms in total. The predicted molar refractivity (Wildman–Crippen MR) is 96.4 cm³/mol. The number of hydrogen-bond donors (Lipinski definition) is 0. The first kappa shape index (κ1) is 18.3. The van der Waals surface area contributed by atoms with Gasteiger partial charge in [-0.25, -0.2) is 4.79 Å². The number of methoxy groups -OCH3 is 3. The number of fused-ring (bicyclic) bond motifs is 1. The molecule has 140 valence electrons. The molecule has 3 rings (SSSR count). The lowest BCUT2D eigenvalue weighted by Gasteiger charge is -2.08. The van der Waals surface area contributed by atoms with Gasteiger partial charge in [0.2, 0.25) is 5.78 Å². The van der Waals surface area contributed by atoms with Gasteiger partial charge >= 0.3 is 5.97 Å². The minimum atomic E-state index is -0.499. The van der Waals surface area contributed by atoms with Gasteiger partial charge in [-0.15, -0.1) is 0 Å². The number of rotatable bonds is 6. The molecule has 0 spiro atoms. The molecule has 0 atom stereocenters. The lowest BCUT2D eigenvalue weighted by Crippen LogP contribution is -2.12. The van der Waals surface area contributed by atoms with Crippen LogP contribution in [0.5, 0.6) is 23.0 Å². The predicted octanol–water partition coefficient (Wildman–Crippen LogP) is 2.87. The van der Waals surface area contributed by atoms with Gasteiger partial charge in [0.05, 0.1) is 26.9 Å². The summed E-state index contributed by atoms with van der Waals surface area (Å²) in [6.07, 6.45) is 1.62. The molecule has 2 aromatic rings. The van der Waals surface area contributed by atoms with Crippen molar-refractivity contribution < 1.29 is 33.3 Å². The maximum absolute atomic E-state index is 12.5. The van der Waals surface area contributed by atoms with Crippen LogP contribution in [-0.4, -0.2) is 39.7 Å². The largest absolute Gasteiger partial charge is 0.493 e. The van der Waals surface area contributed by atoms with Crippen LogP contribution in [-0.2, 0) is 9.53 Å². The molecule has 1 aliphatic heterocycles. The summed E-state index contributed by atoms with van der Waals surface area (Å²) in [4.78, 5) is 23.7. The van der Waals surface area contributed by atoms with E-state index in [1.807, 2.05) is 0 Å². The minimum Gasteiger partial charge on any atom is -0.493 e. The average molecular weight is 370 g/mol. The molecule has 0 saturated heterocycles. The maximum Gasteiger partial charge on any atom is 0.343 e. The third-order valence-electron chi connectivity index (χ3n) is 3.93. The van der Waals surface area contributed by atoms with Crippen molar-refractivity contribution >= 4 is 17.8 Å². The fourth-order valence-corrected chi connectivity index (χ4v) is 2.55. The molecule has 0 aliphatic carbocycles. The molecule has 0 aromatic heterocycles. The summed E-state index contributed by atoms with van der Waals surface area (Å²) < 4.78 is 26.0. The number of ether oxygens (including phenoxy) is 5. The van der Waals surface area contributed by atoms with E-state index in [0.29, 0.717) is 28.6 Å². The Morgan fingerprint density at radius 3 is 2.52 bits per heavy atom. The summed E-state index contributed by atoms with van der Waals surface area (Å²) >= 11 is 0. The Bertz CT molecular complexity index is 915. The first-order chi connectivity index (χ1) is 13.0. The zero-order chi connectivity index (χ0) is 19.4. The number of ketones is 1. The van der Waals surface area contributed by atoms with Crippen LogP contribution in [0.25, 0.3) is 6.08 Å². The molecule has 0 fully saturated rings. The van der Waals surface area contributed by atoms with Crippen molar-refractivity contribution in [2.75, 3.05) is 27.9 Å². The van der Waals surface area contributed by atoms with E-state index in [-0.39, 0.29) is 18.1 Å². The van der Waals surface area contributed by atoms with Gasteiger partial charge < -0.3 is 23.7 Å². The Morgan fingerprint density at radius 2 is 1.81 bits per heavy atom. The molecule has 0 N–H and O–H groups in total. The van der Waals surface area contributed by atoms with Crippen LogP contribution in [0.1, 0.15) is 15.9 Å². The fourth-order valence-electron chi connectivity index (χ4n) is 2.55. The third kappa shape index (κ3) is 3.87. The topological polar surface area (TPSA) is 80.3 Å². The highest BCUT2D eigenvalue weighted by molar-refractivity contribution is 6.14. The van der Waals surface area contributed by atoms with E-state index in [1.165, 1.54) is 14.2 Å². The van der Waals surface area contributed by atoms with Gasteiger partial charge in [-0.3, -0.25) is 4.79 Å². The summed E-state index contributed by atoms with van der Waals surface area (Å²) in [6, 6.07) is 10.0. The summed E-state index contributed by atoms with van der Waals surface area (Å²) in [5.74, 6) is 1.36. The van der Waals surface area contributed by atoms with E-state index in [9.17, 15) is 9.59 Å². The Morgan fingerprint density at radius 1 is 1.04 bits per heavy atom. The van der Waals surface area contributed by atoms with E-state index in [1.54, 1.807) is 49.6 Å². The monoisotopic (exact) mass is 370 g/mol. The lowest BCUT2D eigenvalue weighted by atomic mass is 10.1. The smallest absolute Gasteiger partial charge is 0.343 e. The molecule has 7 heteroatoms. The second-order valence-electron chi connectivity index (χ2n) is 5.58. The first-order valence-electron chi connectivity index (χ1n) is 8.05. The van der Waals surface area contributed by atoms with Gasteiger partial charge in [0.1, 0.15) is 11.5 Å². The van der Waals surface area contributed by atoms with Crippen LogP contribution in [0, 0.1) is 0 Å². The van der Waals surface area contributed by atoms with Gasteiger partial charge in [0, 0.05) is 6.07 Å². The molecule has 0 bridgehead atoms. The third-order valence-corrected chi connectivity index (χ3v) is 3.93. The van der Waals surface area contributed by atoms with Crippen molar-refractivity contribution in [2.45, 2.75) is 0 Å². The van der Waals surface area contributed by atoms with Crippen LogP contribution in [0.2, 0.25) is 0 Å². The molecule has 0 saturated carbocycles. The summed E-state index contributed by atoms with van der Waals surface area (Å²) in [5.41, 5.74) is 1.15. The summed E-state index contributed by atoms with van der Waals surface area (Å²) in [7, 11) is 4.37. The molecular formula is C20H18O7. The summed E-state index contributed by atoms with van der Waals surface area (Å²) in [6.45, 7) is -0.225. The summed E-state index contributed by atoms with van der Waals surface area (Å²) in [5, 5.41) is 0.